The van der Waals surface area contributed by atoms with Crippen LogP contribution in [0.4, 0.5) is 0 Å². The molecule has 0 aliphatic heterocycles. The van der Waals surface area contributed by atoms with Crippen LogP contribution in [0.2, 0.25) is 0 Å². The Balaban J connectivity index is 1.55. The van der Waals surface area contributed by atoms with Gasteiger partial charge in [-0.15, -0.1) is 0 Å². The Morgan fingerprint density at radius 2 is 1.41 bits per heavy atom. The van der Waals surface area contributed by atoms with Crippen LogP contribution in [-0.4, -0.2) is 5.97 Å². The lowest BCUT2D eigenvalue weighted by molar-refractivity contribution is -0.169. The molecule has 0 spiro atoms. The average molecular weight is 449 g/mol. The number of hydrogen-bond acceptors (Lipinski definition) is 3. The molecule has 1 aliphatic rings. The Kier molecular flexibility index (Phi) is 5.81. The summed E-state index contributed by atoms with van der Waals surface area (Å²) in [7, 11) is 0. The molecule has 1 atom stereocenters. The van der Waals surface area contributed by atoms with Crippen LogP contribution in [0.25, 0.3) is 6.08 Å². The van der Waals surface area contributed by atoms with Gasteiger partial charge in [0, 0.05) is 10.0 Å². The monoisotopic (exact) mass is 448 g/mol. The Morgan fingerprint density at radius 3 is 2.00 bits per heavy atom. The van der Waals surface area contributed by atoms with Crippen LogP contribution in [0.3, 0.4) is 0 Å². The van der Waals surface area contributed by atoms with Crippen molar-refractivity contribution < 1.29 is 14.3 Å². The predicted molar refractivity (Wildman–Crippen MR) is 117 cm³/mol. The third kappa shape index (κ3) is 4.60. The molecule has 1 saturated carbocycles. The van der Waals surface area contributed by atoms with Crippen LogP contribution in [0.5, 0.6) is 5.75 Å². The first-order chi connectivity index (χ1) is 14.2. The maximum atomic E-state index is 13.2. The third-order valence-corrected chi connectivity index (χ3v) is 5.95. The van der Waals surface area contributed by atoms with Crippen LogP contribution >= 0.6 is 15.9 Å². The number of rotatable bonds is 7. The highest BCUT2D eigenvalue weighted by molar-refractivity contribution is 9.11. The molecule has 29 heavy (non-hydrogen) atoms. The van der Waals surface area contributed by atoms with Gasteiger partial charge in [-0.2, -0.15) is 0 Å². The lowest BCUT2D eigenvalue weighted by atomic mass is 10.0. The molecule has 3 aromatic rings. The molecule has 4 rings (SSSR count). The minimum Gasteiger partial charge on any atom is -0.450 e. The topological polar surface area (TPSA) is 35.5 Å². The van der Waals surface area contributed by atoms with Gasteiger partial charge < -0.3 is 9.47 Å². The minimum absolute atomic E-state index is 0.277. The number of para-hydroxylation sites is 1. The number of carbonyl (C=O) groups is 1. The standard InChI is InChI=1S/C25H21BrO3/c26-22(18-19-10-4-1-5-11-19)25(16-17-25)24(27)29-23(20-12-6-2-7-13-20)28-21-14-8-3-9-15-21/h1-15,18,23H,16-17H2. The summed E-state index contributed by atoms with van der Waals surface area (Å²) in [6.45, 7) is 0. The van der Waals surface area contributed by atoms with Crippen LogP contribution in [0, 0.1) is 5.41 Å². The number of esters is 1. The second-order valence-corrected chi connectivity index (χ2v) is 7.92. The molecule has 3 nitrogen and oxygen atoms in total. The molecule has 0 aromatic heterocycles. The summed E-state index contributed by atoms with van der Waals surface area (Å²) in [6, 6.07) is 28.9. The van der Waals surface area contributed by atoms with Crippen molar-refractivity contribution in [2.45, 2.75) is 19.1 Å². The van der Waals surface area contributed by atoms with E-state index in [0.29, 0.717) is 5.75 Å². The largest absolute Gasteiger partial charge is 0.450 e. The summed E-state index contributed by atoms with van der Waals surface area (Å²) in [5, 5.41) is 0. The summed E-state index contributed by atoms with van der Waals surface area (Å²) < 4.78 is 12.7. The van der Waals surface area contributed by atoms with Gasteiger partial charge in [0.05, 0.1) is 5.41 Å². The first kappa shape index (κ1) is 19.5. The lowest BCUT2D eigenvalue weighted by Crippen LogP contribution is -2.24. The fourth-order valence-electron chi connectivity index (χ4n) is 3.10. The molecule has 0 N–H and O–H groups in total. The number of hydrogen-bond donors (Lipinski definition) is 0. The molecular formula is C25H21BrO3. The van der Waals surface area contributed by atoms with E-state index in [4.69, 9.17) is 9.47 Å². The summed E-state index contributed by atoms with van der Waals surface area (Å²) in [6.07, 6.45) is 2.69. The van der Waals surface area contributed by atoms with Gasteiger partial charge in [-0.25, -0.2) is 0 Å². The predicted octanol–water partition coefficient (Wildman–Crippen LogP) is 6.52. The van der Waals surface area contributed by atoms with Gasteiger partial charge in [0.15, 0.2) is 0 Å². The highest BCUT2D eigenvalue weighted by Crippen LogP contribution is 2.56. The summed E-state index contributed by atoms with van der Waals surface area (Å²) in [5.74, 6) is 0.374. The van der Waals surface area contributed by atoms with Crippen molar-refractivity contribution in [3.05, 3.63) is 107 Å². The quantitative estimate of drug-likeness (QED) is 0.304. The number of halogens is 1. The molecule has 1 aliphatic carbocycles. The molecular weight excluding hydrogens is 428 g/mol. The second-order valence-electron chi connectivity index (χ2n) is 7.06. The Morgan fingerprint density at radius 1 is 0.862 bits per heavy atom. The average Bonchev–Trinajstić information content (AvgIpc) is 3.58. The van der Waals surface area contributed by atoms with Crippen molar-refractivity contribution in [1.82, 2.24) is 0 Å². The normalized spacial score (nSPS) is 16.0. The summed E-state index contributed by atoms with van der Waals surface area (Å²) in [4.78, 5) is 13.2. The van der Waals surface area contributed by atoms with Gasteiger partial charge in [-0.05, 0) is 36.6 Å². The van der Waals surface area contributed by atoms with E-state index >= 15 is 0 Å². The maximum Gasteiger partial charge on any atom is 0.320 e. The minimum atomic E-state index is -0.805. The van der Waals surface area contributed by atoms with Crippen LogP contribution in [0.15, 0.2) is 95.5 Å². The van der Waals surface area contributed by atoms with Gasteiger partial charge in [-0.3, -0.25) is 4.79 Å². The maximum absolute atomic E-state index is 13.2. The van der Waals surface area contributed by atoms with Crippen LogP contribution in [0.1, 0.15) is 30.3 Å². The van der Waals surface area contributed by atoms with E-state index in [-0.39, 0.29) is 5.97 Å². The van der Waals surface area contributed by atoms with E-state index < -0.39 is 11.7 Å². The van der Waals surface area contributed by atoms with Crippen LogP contribution in [-0.2, 0) is 9.53 Å². The lowest BCUT2D eigenvalue weighted by Gasteiger charge is -2.23. The molecule has 1 unspecified atom stereocenters. The fourth-order valence-corrected chi connectivity index (χ4v) is 3.92. The van der Waals surface area contributed by atoms with Crippen molar-refractivity contribution in [1.29, 1.82) is 0 Å². The van der Waals surface area contributed by atoms with Gasteiger partial charge >= 0.3 is 5.97 Å². The van der Waals surface area contributed by atoms with Crippen molar-refractivity contribution in [2.24, 2.45) is 5.41 Å². The van der Waals surface area contributed by atoms with Gasteiger partial charge in [0.2, 0.25) is 0 Å². The van der Waals surface area contributed by atoms with Gasteiger partial charge in [0.1, 0.15) is 5.75 Å². The van der Waals surface area contributed by atoms with E-state index in [2.05, 4.69) is 15.9 Å². The highest BCUT2D eigenvalue weighted by atomic mass is 79.9. The molecule has 1 fully saturated rings. The molecule has 0 heterocycles. The first-order valence-corrected chi connectivity index (χ1v) is 10.4. The zero-order valence-corrected chi connectivity index (χ0v) is 17.4. The molecule has 0 amide bonds. The zero-order valence-electron chi connectivity index (χ0n) is 15.8. The van der Waals surface area contributed by atoms with E-state index in [1.54, 1.807) is 0 Å². The van der Waals surface area contributed by atoms with E-state index in [1.165, 1.54) is 0 Å². The number of benzene rings is 3. The van der Waals surface area contributed by atoms with E-state index in [0.717, 1.165) is 28.5 Å². The number of ether oxygens (including phenoxy) is 2. The highest BCUT2D eigenvalue weighted by Gasteiger charge is 2.54. The van der Waals surface area contributed by atoms with Crippen molar-refractivity contribution in [3.63, 3.8) is 0 Å². The fraction of sp³-hybridized carbons (Fsp3) is 0.160. The smallest absolute Gasteiger partial charge is 0.320 e. The van der Waals surface area contributed by atoms with E-state index in [1.807, 2.05) is 97.1 Å². The third-order valence-electron chi connectivity index (χ3n) is 4.96. The Hall–Kier alpha value is -2.85. The van der Waals surface area contributed by atoms with Crippen molar-refractivity contribution in [2.75, 3.05) is 0 Å². The van der Waals surface area contributed by atoms with Crippen molar-refractivity contribution >= 4 is 28.0 Å². The van der Waals surface area contributed by atoms with Crippen LogP contribution < -0.4 is 4.74 Å². The number of carbonyl (C=O) groups excluding carboxylic acids is 1. The molecule has 0 saturated heterocycles. The first-order valence-electron chi connectivity index (χ1n) is 9.58. The summed E-state index contributed by atoms with van der Waals surface area (Å²) in [5.41, 5.74) is 1.20. The summed E-state index contributed by atoms with van der Waals surface area (Å²) >= 11 is 3.63. The molecule has 0 radical (unpaired) electrons. The Bertz CT molecular complexity index is 980. The van der Waals surface area contributed by atoms with E-state index in [9.17, 15) is 4.79 Å². The SMILES string of the molecule is O=C(OC(Oc1ccccc1)c1ccccc1)C1(C(Br)=Cc2ccccc2)CC1. The van der Waals surface area contributed by atoms with Gasteiger partial charge in [-0.1, -0.05) is 94.8 Å². The molecule has 146 valence electrons. The molecule has 3 aromatic carbocycles. The van der Waals surface area contributed by atoms with Crippen molar-refractivity contribution in [3.8, 4) is 5.75 Å². The second kappa shape index (κ2) is 8.66. The molecule has 4 heteroatoms. The zero-order chi connectivity index (χ0) is 20.1. The Labute approximate surface area is 179 Å². The molecule has 0 bridgehead atoms. The van der Waals surface area contributed by atoms with Gasteiger partial charge in [0.25, 0.3) is 6.29 Å².